The SMILES string of the molecule is c1n[nH]nc1CN(Cc1cn[nH]n1)Cc1cn[nH]n1. The molecule has 0 saturated heterocycles. The number of hydrogen-bond donors (Lipinski definition) is 3. The molecule has 0 saturated carbocycles. The fourth-order valence-corrected chi connectivity index (χ4v) is 1.76. The average molecular weight is 260 g/mol. The van der Waals surface area contributed by atoms with E-state index in [-0.39, 0.29) is 0 Å². The molecule has 3 aromatic rings. The lowest BCUT2D eigenvalue weighted by Crippen LogP contribution is -2.23. The molecule has 98 valence electrons. The second-order valence-electron chi connectivity index (χ2n) is 4.03. The standard InChI is InChI=1S/C9H12N10/c1-7(13-16-10-1)4-19(5-8-2-11-17-14-8)6-9-3-12-18-15-9/h1-3H,4-6H2,(H,10,13,16)(H,11,14,17)(H,12,15,18). The van der Waals surface area contributed by atoms with Crippen molar-refractivity contribution < 1.29 is 0 Å². The molecule has 0 bridgehead atoms. The van der Waals surface area contributed by atoms with Crippen molar-refractivity contribution in [3.05, 3.63) is 35.7 Å². The van der Waals surface area contributed by atoms with E-state index in [4.69, 9.17) is 0 Å². The first-order valence-corrected chi connectivity index (χ1v) is 5.66. The van der Waals surface area contributed by atoms with Gasteiger partial charge in [-0.25, -0.2) is 0 Å². The van der Waals surface area contributed by atoms with Gasteiger partial charge >= 0.3 is 0 Å². The van der Waals surface area contributed by atoms with Crippen molar-refractivity contribution in [3.63, 3.8) is 0 Å². The van der Waals surface area contributed by atoms with Gasteiger partial charge in [-0.1, -0.05) is 0 Å². The summed E-state index contributed by atoms with van der Waals surface area (Å²) in [5.74, 6) is 0. The first kappa shape index (κ1) is 11.5. The summed E-state index contributed by atoms with van der Waals surface area (Å²) in [5, 5.41) is 31.3. The van der Waals surface area contributed by atoms with E-state index in [2.05, 4.69) is 51.1 Å². The largest absolute Gasteiger partial charge is 0.285 e. The molecule has 0 fully saturated rings. The molecular formula is C9H12N10. The minimum absolute atomic E-state index is 0.635. The first-order valence-electron chi connectivity index (χ1n) is 5.66. The minimum Gasteiger partial charge on any atom is -0.285 e. The zero-order valence-corrected chi connectivity index (χ0v) is 9.98. The molecule has 3 N–H and O–H groups in total. The van der Waals surface area contributed by atoms with Gasteiger partial charge in [0.25, 0.3) is 0 Å². The molecule has 0 aliphatic heterocycles. The molecule has 19 heavy (non-hydrogen) atoms. The Hall–Kier alpha value is -2.62. The molecule has 0 aliphatic rings. The normalized spacial score (nSPS) is 11.2. The molecule has 3 heterocycles. The Morgan fingerprint density at radius 3 is 1.32 bits per heavy atom. The minimum atomic E-state index is 0.635. The van der Waals surface area contributed by atoms with E-state index in [0.29, 0.717) is 19.6 Å². The van der Waals surface area contributed by atoms with E-state index in [1.807, 2.05) is 0 Å². The van der Waals surface area contributed by atoms with Crippen molar-refractivity contribution in [1.82, 2.24) is 51.1 Å². The van der Waals surface area contributed by atoms with Crippen molar-refractivity contribution in [2.24, 2.45) is 0 Å². The number of nitrogens with one attached hydrogen (secondary N) is 3. The Bertz CT molecular complexity index is 482. The quantitative estimate of drug-likeness (QED) is 0.531. The van der Waals surface area contributed by atoms with Gasteiger partial charge in [0.15, 0.2) is 0 Å². The lowest BCUT2D eigenvalue weighted by atomic mass is 10.3. The van der Waals surface area contributed by atoms with Crippen molar-refractivity contribution in [2.45, 2.75) is 19.6 Å². The van der Waals surface area contributed by atoms with Crippen LogP contribution in [0.3, 0.4) is 0 Å². The van der Waals surface area contributed by atoms with Gasteiger partial charge in [0.1, 0.15) is 0 Å². The van der Waals surface area contributed by atoms with Crippen LogP contribution in [-0.4, -0.2) is 51.1 Å². The molecule has 0 spiro atoms. The maximum absolute atomic E-state index is 4.05. The van der Waals surface area contributed by atoms with Gasteiger partial charge in [-0.2, -0.15) is 46.2 Å². The van der Waals surface area contributed by atoms with E-state index < -0.39 is 0 Å². The van der Waals surface area contributed by atoms with Gasteiger partial charge in [0.05, 0.1) is 35.7 Å². The number of nitrogens with zero attached hydrogens (tertiary/aromatic N) is 7. The van der Waals surface area contributed by atoms with E-state index in [9.17, 15) is 0 Å². The predicted molar refractivity (Wildman–Crippen MR) is 62.1 cm³/mol. The van der Waals surface area contributed by atoms with Crippen molar-refractivity contribution in [1.29, 1.82) is 0 Å². The van der Waals surface area contributed by atoms with E-state index in [1.165, 1.54) is 0 Å². The van der Waals surface area contributed by atoms with Crippen molar-refractivity contribution >= 4 is 0 Å². The van der Waals surface area contributed by atoms with Crippen LogP contribution in [0, 0.1) is 0 Å². The third-order valence-corrected chi connectivity index (χ3v) is 2.55. The van der Waals surface area contributed by atoms with E-state index in [0.717, 1.165) is 17.1 Å². The van der Waals surface area contributed by atoms with Crippen LogP contribution < -0.4 is 0 Å². The Kier molecular flexibility index (Phi) is 3.23. The highest BCUT2D eigenvalue weighted by Crippen LogP contribution is 2.08. The van der Waals surface area contributed by atoms with Gasteiger partial charge < -0.3 is 0 Å². The van der Waals surface area contributed by atoms with E-state index in [1.54, 1.807) is 18.6 Å². The maximum Gasteiger partial charge on any atom is 0.0964 e. The third-order valence-electron chi connectivity index (χ3n) is 2.55. The molecule has 0 atom stereocenters. The van der Waals surface area contributed by atoms with Crippen molar-refractivity contribution in [2.75, 3.05) is 0 Å². The van der Waals surface area contributed by atoms with Gasteiger partial charge in [-0.05, 0) is 0 Å². The Balaban J connectivity index is 1.70. The zero-order valence-electron chi connectivity index (χ0n) is 9.98. The summed E-state index contributed by atoms with van der Waals surface area (Å²) in [5.41, 5.74) is 2.56. The molecule has 10 heteroatoms. The second kappa shape index (κ2) is 5.35. The van der Waals surface area contributed by atoms with Crippen LogP contribution in [0.2, 0.25) is 0 Å². The second-order valence-corrected chi connectivity index (χ2v) is 4.03. The molecule has 0 aromatic carbocycles. The molecular weight excluding hydrogens is 248 g/mol. The summed E-state index contributed by atoms with van der Waals surface area (Å²) in [6.07, 6.45) is 5.08. The van der Waals surface area contributed by atoms with Gasteiger partial charge in [-0.3, -0.25) is 4.90 Å². The Morgan fingerprint density at radius 1 is 0.684 bits per heavy atom. The third kappa shape index (κ3) is 2.98. The lowest BCUT2D eigenvalue weighted by Gasteiger charge is -2.18. The highest BCUT2D eigenvalue weighted by molar-refractivity contribution is 4.97. The number of aromatic amines is 3. The van der Waals surface area contributed by atoms with Crippen LogP contribution in [0.25, 0.3) is 0 Å². The number of H-pyrrole nitrogens is 3. The Labute approximate surface area is 107 Å². The maximum atomic E-state index is 4.05. The molecule has 0 unspecified atom stereocenters. The summed E-state index contributed by atoms with van der Waals surface area (Å²) in [7, 11) is 0. The van der Waals surface area contributed by atoms with Crippen LogP contribution in [0.1, 0.15) is 17.1 Å². The molecule has 0 amide bonds. The molecule has 3 rings (SSSR count). The number of hydrogen-bond acceptors (Lipinski definition) is 7. The molecule has 0 radical (unpaired) electrons. The summed E-state index contributed by atoms with van der Waals surface area (Å²) in [4.78, 5) is 2.12. The highest BCUT2D eigenvalue weighted by atomic mass is 15.4. The molecule has 10 nitrogen and oxygen atoms in total. The number of rotatable bonds is 6. The van der Waals surface area contributed by atoms with Crippen LogP contribution >= 0.6 is 0 Å². The van der Waals surface area contributed by atoms with Gasteiger partial charge in [0, 0.05) is 19.6 Å². The fraction of sp³-hybridized carbons (Fsp3) is 0.333. The van der Waals surface area contributed by atoms with Crippen LogP contribution in [0.15, 0.2) is 18.6 Å². The summed E-state index contributed by atoms with van der Waals surface area (Å²) in [6.45, 7) is 1.91. The average Bonchev–Trinajstić information content (AvgIpc) is 3.10. The van der Waals surface area contributed by atoms with Crippen molar-refractivity contribution in [3.8, 4) is 0 Å². The van der Waals surface area contributed by atoms with Gasteiger partial charge in [0.2, 0.25) is 0 Å². The predicted octanol–water partition coefficient (Wildman–Crippen LogP) is -0.757. The molecule has 3 aromatic heterocycles. The topological polar surface area (TPSA) is 128 Å². The highest BCUT2D eigenvalue weighted by Gasteiger charge is 2.12. The number of aromatic nitrogens is 9. The zero-order chi connectivity index (χ0) is 12.9. The monoisotopic (exact) mass is 260 g/mol. The van der Waals surface area contributed by atoms with Crippen LogP contribution in [0.4, 0.5) is 0 Å². The fourth-order valence-electron chi connectivity index (χ4n) is 1.76. The first-order chi connectivity index (χ1) is 9.40. The summed E-state index contributed by atoms with van der Waals surface area (Å²) >= 11 is 0. The Morgan fingerprint density at radius 2 is 1.05 bits per heavy atom. The smallest absolute Gasteiger partial charge is 0.0964 e. The lowest BCUT2D eigenvalue weighted by molar-refractivity contribution is 0.238. The summed E-state index contributed by atoms with van der Waals surface area (Å²) < 4.78 is 0. The van der Waals surface area contributed by atoms with Crippen LogP contribution in [0.5, 0.6) is 0 Å². The molecule has 0 aliphatic carbocycles. The summed E-state index contributed by atoms with van der Waals surface area (Å²) in [6, 6.07) is 0. The van der Waals surface area contributed by atoms with Gasteiger partial charge in [-0.15, -0.1) is 0 Å². The van der Waals surface area contributed by atoms with E-state index >= 15 is 0 Å². The van der Waals surface area contributed by atoms with Crippen LogP contribution in [-0.2, 0) is 19.6 Å².